The zero-order valence-electron chi connectivity index (χ0n) is 17.6. The number of aromatic hydroxyl groups is 1. The molecule has 8 heteroatoms. The molecule has 3 N–H and O–H groups in total. The lowest BCUT2D eigenvalue weighted by Gasteiger charge is -2.22. The summed E-state index contributed by atoms with van der Waals surface area (Å²) in [6.45, 7) is 1.82. The average molecular weight is 484 g/mol. The molecule has 1 atom stereocenters. The van der Waals surface area contributed by atoms with Gasteiger partial charge in [0.05, 0.1) is 17.6 Å². The lowest BCUT2D eigenvalue weighted by atomic mass is 9.96. The van der Waals surface area contributed by atoms with Gasteiger partial charge in [-0.15, -0.1) is 0 Å². The lowest BCUT2D eigenvalue weighted by Crippen LogP contribution is -2.34. The molecular formula is C25H20Cl2FN3O2. The monoisotopic (exact) mass is 483 g/mol. The normalized spacial score (nSPS) is 11.9. The van der Waals surface area contributed by atoms with E-state index >= 15 is 0 Å². The van der Waals surface area contributed by atoms with Crippen LogP contribution in [-0.4, -0.2) is 22.5 Å². The maximum absolute atomic E-state index is 14.0. The minimum Gasteiger partial charge on any atom is -0.505 e. The number of halogens is 3. The average Bonchev–Trinajstić information content (AvgIpc) is 2.81. The maximum Gasteiger partial charge on any atom is 0.240 e. The van der Waals surface area contributed by atoms with Crippen molar-refractivity contribution in [1.82, 2.24) is 10.3 Å². The Kier molecular flexibility index (Phi) is 6.67. The van der Waals surface area contributed by atoms with Crippen molar-refractivity contribution in [1.29, 1.82) is 0 Å². The van der Waals surface area contributed by atoms with Crippen molar-refractivity contribution >= 4 is 45.7 Å². The molecule has 1 amide bonds. The number of carbonyl (C=O) groups is 1. The molecule has 0 fully saturated rings. The van der Waals surface area contributed by atoms with Crippen LogP contribution in [0.3, 0.4) is 0 Å². The van der Waals surface area contributed by atoms with Gasteiger partial charge in [-0.3, -0.25) is 9.78 Å². The van der Waals surface area contributed by atoms with Crippen LogP contribution in [0.1, 0.15) is 22.7 Å². The number of amides is 1. The van der Waals surface area contributed by atoms with Crippen molar-refractivity contribution < 1.29 is 14.3 Å². The molecule has 0 aliphatic carbocycles. The number of phenolic OH excluding ortho intramolecular Hbond substituents is 1. The summed E-state index contributed by atoms with van der Waals surface area (Å²) >= 11 is 12.5. The Bertz CT molecular complexity index is 1350. The molecule has 1 aromatic heterocycles. The molecular weight excluding hydrogens is 464 g/mol. The number of nitrogens with zero attached hydrogens (tertiary/aromatic N) is 1. The zero-order valence-corrected chi connectivity index (χ0v) is 19.1. The van der Waals surface area contributed by atoms with Crippen LogP contribution in [0.5, 0.6) is 5.75 Å². The first-order valence-corrected chi connectivity index (χ1v) is 10.9. The van der Waals surface area contributed by atoms with E-state index in [0.717, 1.165) is 11.3 Å². The first kappa shape index (κ1) is 22.8. The number of hydrogen-bond acceptors (Lipinski definition) is 4. The Labute approximate surface area is 200 Å². The number of benzene rings is 3. The Hall–Kier alpha value is -3.35. The third-order valence-corrected chi connectivity index (χ3v) is 5.99. The number of phenols is 1. The SMILES string of the molecule is Cc1cc(NCC(=O)NC(c2cccc(F)c2)c2cc(Cl)c3cccnc3c2O)ccc1Cl. The summed E-state index contributed by atoms with van der Waals surface area (Å²) in [6, 6.07) is 15.3. The standard InChI is InChI=1S/C25H20Cl2FN3O2/c1-14-10-17(7-8-20(14)26)30-13-22(32)31-23(15-4-2-5-16(28)11-15)19-12-21(27)18-6-3-9-29-24(18)25(19)33/h2-12,23,30,33H,13H2,1H3,(H,31,32). The number of anilines is 1. The summed E-state index contributed by atoms with van der Waals surface area (Å²) in [5, 5.41) is 18.4. The van der Waals surface area contributed by atoms with Crippen LogP contribution in [0, 0.1) is 12.7 Å². The number of rotatable bonds is 6. The largest absolute Gasteiger partial charge is 0.505 e. The molecule has 5 nitrogen and oxygen atoms in total. The Morgan fingerprint density at radius 2 is 1.91 bits per heavy atom. The highest BCUT2D eigenvalue weighted by molar-refractivity contribution is 6.35. The van der Waals surface area contributed by atoms with E-state index in [-0.39, 0.29) is 18.2 Å². The number of hydrogen-bond donors (Lipinski definition) is 3. The molecule has 168 valence electrons. The third-order valence-electron chi connectivity index (χ3n) is 5.25. The van der Waals surface area contributed by atoms with Crippen LogP contribution in [0.4, 0.5) is 10.1 Å². The van der Waals surface area contributed by atoms with E-state index in [1.807, 2.05) is 13.0 Å². The summed E-state index contributed by atoms with van der Waals surface area (Å²) in [6.07, 6.45) is 1.54. The number of nitrogens with one attached hydrogen (secondary N) is 2. The van der Waals surface area contributed by atoms with Gasteiger partial charge in [-0.25, -0.2) is 4.39 Å². The molecule has 0 spiro atoms. The lowest BCUT2D eigenvalue weighted by molar-refractivity contribution is -0.119. The number of pyridine rings is 1. The van der Waals surface area contributed by atoms with Crippen LogP contribution < -0.4 is 10.6 Å². The summed E-state index contributed by atoms with van der Waals surface area (Å²) in [5.74, 6) is -0.967. The predicted molar refractivity (Wildman–Crippen MR) is 129 cm³/mol. The second-order valence-corrected chi connectivity index (χ2v) is 8.38. The molecule has 0 aliphatic rings. The molecule has 33 heavy (non-hydrogen) atoms. The van der Waals surface area contributed by atoms with Crippen LogP contribution in [0.15, 0.2) is 66.9 Å². The molecule has 0 radical (unpaired) electrons. The number of fused-ring (bicyclic) bond motifs is 1. The molecule has 3 aromatic carbocycles. The van der Waals surface area contributed by atoms with Gasteiger partial charge in [0, 0.05) is 27.9 Å². The van der Waals surface area contributed by atoms with Crippen molar-refractivity contribution in [2.24, 2.45) is 0 Å². The smallest absolute Gasteiger partial charge is 0.240 e. The summed E-state index contributed by atoms with van der Waals surface area (Å²) in [7, 11) is 0. The highest BCUT2D eigenvalue weighted by atomic mass is 35.5. The van der Waals surface area contributed by atoms with E-state index in [1.165, 1.54) is 24.4 Å². The fourth-order valence-electron chi connectivity index (χ4n) is 3.60. The van der Waals surface area contributed by atoms with Gasteiger partial charge in [0.25, 0.3) is 0 Å². The minimum absolute atomic E-state index is 0.0484. The second-order valence-electron chi connectivity index (χ2n) is 7.57. The Morgan fingerprint density at radius 1 is 1.09 bits per heavy atom. The van der Waals surface area contributed by atoms with E-state index in [1.54, 1.807) is 36.4 Å². The summed E-state index contributed by atoms with van der Waals surface area (Å²) in [4.78, 5) is 17.1. The van der Waals surface area contributed by atoms with Gasteiger partial charge < -0.3 is 15.7 Å². The summed E-state index contributed by atoms with van der Waals surface area (Å²) < 4.78 is 14.0. The molecule has 0 aliphatic heterocycles. The molecule has 4 aromatic rings. The number of carbonyl (C=O) groups excluding carboxylic acids is 1. The molecule has 0 saturated heterocycles. The van der Waals surface area contributed by atoms with Gasteiger partial charge >= 0.3 is 0 Å². The molecule has 0 bridgehead atoms. The molecule has 0 saturated carbocycles. The van der Waals surface area contributed by atoms with Gasteiger partial charge in [-0.1, -0.05) is 35.3 Å². The van der Waals surface area contributed by atoms with E-state index in [2.05, 4.69) is 15.6 Å². The minimum atomic E-state index is -0.856. The highest BCUT2D eigenvalue weighted by Gasteiger charge is 2.23. The predicted octanol–water partition coefficient (Wildman–Crippen LogP) is 6.01. The molecule has 1 heterocycles. The maximum atomic E-state index is 14.0. The number of aromatic nitrogens is 1. The summed E-state index contributed by atoms with van der Waals surface area (Å²) in [5.41, 5.74) is 2.67. The highest BCUT2D eigenvalue weighted by Crippen LogP contribution is 2.38. The Balaban J connectivity index is 1.66. The third kappa shape index (κ3) is 5.02. The van der Waals surface area contributed by atoms with E-state index in [4.69, 9.17) is 23.2 Å². The first-order valence-electron chi connectivity index (χ1n) is 10.1. The van der Waals surface area contributed by atoms with Gasteiger partial charge in [-0.05, 0) is 66.6 Å². The molecule has 4 rings (SSSR count). The zero-order chi connectivity index (χ0) is 23.5. The van der Waals surface area contributed by atoms with E-state index < -0.39 is 11.9 Å². The van der Waals surface area contributed by atoms with Gasteiger partial charge in [0.15, 0.2) is 0 Å². The van der Waals surface area contributed by atoms with Gasteiger partial charge in [0.2, 0.25) is 5.91 Å². The Morgan fingerprint density at radius 3 is 2.67 bits per heavy atom. The van der Waals surface area contributed by atoms with E-state index in [9.17, 15) is 14.3 Å². The second kappa shape index (κ2) is 9.65. The quantitative estimate of drug-likeness (QED) is 0.313. The van der Waals surface area contributed by atoms with Crippen molar-refractivity contribution in [2.75, 3.05) is 11.9 Å². The number of aryl methyl sites for hydroxylation is 1. The van der Waals surface area contributed by atoms with Crippen LogP contribution in [0.25, 0.3) is 10.9 Å². The van der Waals surface area contributed by atoms with Crippen molar-refractivity contribution in [2.45, 2.75) is 13.0 Å². The van der Waals surface area contributed by atoms with Gasteiger partial charge in [-0.2, -0.15) is 0 Å². The van der Waals surface area contributed by atoms with Crippen molar-refractivity contribution in [3.63, 3.8) is 0 Å². The van der Waals surface area contributed by atoms with Crippen LogP contribution >= 0.6 is 23.2 Å². The fourth-order valence-corrected chi connectivity index (χ4v) is 3.99. The van der Waals surface area contributed by atoms with Crippen molar-refractivity contribution in [3.05, 3.63) is 99.4 Å². The topological polar surface area (TPSA) is 74.2 Å². The molecule has 1 unspecified atom stereocenters. The van der Waals surface area contributed by atoms with E-state index in [0.29, 0.717) is 32.1 Å². The van der Waals surface area contributed by atoms with Crippen LogP contribution in [-0.2, 0) is 4.79 Å². The van der Waals surface area contributed by atoms with Crippen LogP contribution in [0.2, 0.25) is 10.0 Å². The van der Waals surface area contributed by atoms with Gasteiger partial charge in [0.1, 0.15) is 17.1 Å². The first-order chi connectivity index (χ1) is 15.8. The van der Waals surface area contributed by atoms with Crippen molar-refractivity contribution in [3.8, 4) is 5.75 Å². The fraction of sp³-hybridized carbons (Fsp3) is 0.120.